The van der Waals surface area contributed by atoms with E-state index in [1.54, 1.807) is 6.20 Å². The van der Waals surface area contributed by atoms with E-state index in [0.29, 0.717) is 23.2 Å². The Labute approximate surface area is 261 Å². The second-order valence-corrected chi connectivity index (χ2v) is 11.4. The van der Waals surface area contributed by atoms with Gasteiger partial charge in [0.15, 0.2) is 17.5 Å². The molecule has 6 aromatic carbocycles. The first kappa shape index (κ1) is 25.0. The molecule has 4 heterocycles. The van der Waals surface area contributed by atoms with Gasteiger partial charge in [-0.2, -0.15) is 0 Å². The molecule has 4 aromatic heterocycles. The zero-order chi connectivity index (χ0) is 30.2. The van der Waals surface area contributed by atoms with Crippen LogP contribution in [0.5, 0.6) is 0 Å². The van der Waals surface area contributed by atoms with E-state index in [-0.39, 0.29) is 0 Å². The first-order chi connectivity index (χ1) is 22.8. The van der Waals surface area contributed by atoms with E-state index in [9.17, 15) is 0 Å². The van der Waals surface area contributed by atoms with Gasteiger partial charge < -0.3 is 8.83 Å². The highest BCUT2D eigenvalue weighted by atomic mass is 16.3. The highest BCUT2D eigenvalue weighted by Crippen LogP contribution is 2.40. The van der Waals surface area contributed by atoms with E-state index in [0.717, 1.165) is 76.5 Å². The molecule has 10 rings (SSSR count). The number of furan rings is 2. The first-order valence-electron chi connectivity index (χ1n) is 15.1. The topological polar surface area (TPSA) is 77.8 Å². The van der Waals surface area contributed by atoms with Crippen LogP contribution in [-0.4, -0.2) is 19.9 Å². The number of hydrogen-bond donors (Lipinski definition) is 0. The van der Waals surface area contributed by atoms with E-state index >= 15 is 0 Å². The molecule has 46 heavy (non-hydrogen) atoms. The molecular formula is C40H22N4O2. The predicted octanol–water partition coefficient (Wildman–Crippen LogP) is 10.4. The minimum Gasteiger partial charge on any atom is -0.456 e. The van der Waals surface area contributed by atoms with Gasteiger partial charge in [0, 0.05) is 38.9 Å². The van der Waals surface area contributed by atoms with Crippen LogP contribution in [0.1, 0.15) is 0 Å². The second-order valence-electron chi connectivity index (χ2n) is 11.4. The quantitative estimate of drug-likeness (QED) is 0.204. The van der Waals surface area contributed by atoms with Crippen molar-refractivity contribution in [3.63, 3.8) is 0 Å². The molecule has 0 fully saturated rings. The summed E-state index contributed by atoms with van der Waals surface area (Å²) in [6.07, 6.45) is 1.76. The molecule has 0 aliphatic rings. The lowest BCUT2D eigenvalue weighted by molar-refractivity contribution is 0.669. The third-order valence-corrected chi connectivity index (χ3v) is 8.77. The van der Waals surface area contributed by atoms with Crippen LogP contribution in [-0.2, 0) is 0 Å². The van der Waals surface area contributed by atoms with Crippen molar-refractivity contribution in [2.75, 3.05) is 0 Å². The van der Waals surface area contributed by atoms with Crippen LogP contribution < -0.4 is 0 Å². The maximum absolute atomic E-state index is 6.48. The van der Waals surface area contributed by atoms with Gasteiger partial charge in [-0.25, -0.2) is 15.0 Å². The van der Waals surface area contributed by atoms with Crippen molar-refractivity contribution in [1.82, 2.24) is 19.9 Å². The van der Waals surface area contributed by atoms with E-state index < -0.39 is 0 Å². The largest absolute Gasteiger partial charge is 0.456 e. The zero-order valence-electron chi connectivity index (χ0n) is 24.3. The van der Waals surface area contributed by atoms with Crippen LogP contribution in [0.2, 0.25) is 0 Å². The van der Waals surface area contributed by atoms with Gasteiger partial charge in [0.05, 0.1) is 5.39 Å². The monoisotopic (exact) mass is 590 g/mol. The molecule has 0 atom stereocenters. The summed E-state index contributed by atoms with van der Waals surface area (Å²) in [5, 5.41) is 8.24. The Balaban J connectivity index is 1.28. The summed E-state index contributed by atoms with van der Waals surface area (Å²) in [4.78, 5) is 20.2. The van der Waals surface area contributed by atoms with Gasteiger partial charge in [-0.05, 0) is 46.5 Å². The average molecular weight is 591 g/mol. The average Bonchev–Trinajstić information content (AvgIpc) is 3.70. The minimum absolute atomic E-state index is 0.472. The van der Waals surface area contributed by atoms with Crippen LogP contribution >= 0.6 is 0 Å². The Morgan fingerprint density at radius 3 is 2.09 bits per heavy atom. The molecule has 0 unspecified atom stereocenters. The van der Waals surface area contributed by atoms with Crippen molar-refractivity contribution >= 4 is 65.4 Å². The fourth-order valence-electron chi connectivity index (χ4n) is 6.64. The molecule has 0 saturated carbocycles. The minimum atomic E-state index is 0.472. The third-order valence-electron chi connectivity index (χ3n) is 8.77. The Hall–Kier alpha value is -6.40. The van der Waals surface area contributed by atoms with Gasteiger partial charge in [-0.15, -0.1) is 0 Å². The summed E-state index contributed by atoms with van der Waals surface area (Å²) in [5.41, 5.74) is 5.54. The SMILES string of the molecule is c1ccc2cc(-c3nc(-c4cccc5oc6ccccc6c45)nc(-c4nccc5oc6c7ccccc7ccc6c45)n3)ccc2c1. The summed E-state index contributed by atoms with van der Waals surface area (Å²) in [7, 11) is 0. The van der Waals surface area contributed by atoms with E-state index in [1.165, 1.54) is 0 Å². The summed E-state index contributed by atoms with van der Waals surface area (Å²) < 4.78 is 12.7. The standard InChI is InChI=1S/C40H22N4O2/c1-2-10-25-22-26(17-16-23(25)8-1)38-42-39(30-13-7-15-32-34(30)28-12-5-6-14-31(28)45-32)44-40(43-38)36-35-29-19-18-24-9-3-4-11-27(24)37(29)46-33(35)20-21-41-36/h1-22H. The second kappa shape index (κ2) is 9.55. The van der Waals surface area contributed by atoms with Gasteiger partial charge in [-0.3, -0.25) is 4.98 Å². The molecule has 0 amide bonds. The number of nitrogens with zero attached hydrogens (tertiary/aromatic N) is 4. The van der Waals surface area contributed by atoms with Crippen LogP contribution in [0.4, 0.5) is 0 Å². The smallest absolute Gasteiger partial charge is 0.183 e. The Morgan fingerprint density at radius 1 is 0.435 bits per heavy atom. The zero-order valence-corrected chi connectivity index (χ0v) is 24.3. The molecule has 0 bridgehead atoms. The van der Waals surface area contributed by atoms with Gasteiger partial charge >= 0.3 is 0 Å². The summed E-state index contributed by atoms with van der Waals surface area (Å²) in [6.45, 7) is 0. The summed E-state index contributed by atoms with van der Waals surface area (Å²) >= 11 is 0. The predicted molar refractivity (Wildman–Crippen MR) is 183 cm³/mol. The van der Waals surface area contributed by atoms with E-state index in [4.69, 9.17) is 28.8 Å². The number of rotatable bonds is 3. The summed E-state index contributed by atoms with van der Waals surface area (Å²) in [6, 6.07) is 43.0. The van der Waals surface area contributed by atoms with Gasteiger partial charge in [0.25, 0.3) is 0 Å². The Kier molecular flexibility index (Phi) is 5.19. The molecule has 6 nitrogen and oxygen atoms in total. The lowest BCUT2D eigenvalue weighted by atomic mass is 10.0. The Morgan fingerprint density at radius 2 is 1.15 bits per heavy atom. The van der Waals surface area contributed by atoms with Crippen molar-refractivity contribution in [2.45, 2.75) is 0 Å². The van der Waals surface area contributed by atoms with Crippen molar-refractivity contribution in [2.24, 2.45) is 0 Å². The molecule has 10 aromatic rings. The Bertz CT molecular complexity index is 2830. The van der Waals surface area contributed by atoms with Gasteiger partial charge in [0.1, 0.15) is 28.0 Å². The van der Waals surface area contributed by atoms with E-state index in [2.05, 4.69) is 60.7 Å². The molecule has 214 valence electrons. The third kappa shape index (κ3) is 3.70. The summed E-state index contributed by atoms with van der Waals surface area (Å²) in [5.74, 6) is 1.58. The van der Waals surface area contributed by atoms with Gasteiger partial charge in [-0.1, -0.05) is 97.1 Å². The van der Waals surface area contributed by atoms with E-state index in [1.807, 2.05) is 66.7 Å². The molecule has 0 N–H and O–H groups in total. The first-order valence-corrected chi connectivity index (χ1v) is 15.1. The number of benzene rings is 6. The number of aromatic nitrogens is 4. The lowest BCUT2D eigenvalue weighted by Gasteiger charge is -2.10. The molecule has 0 saturated heterocycles. The number of hydrogen-bond acceptors (Lipinski definition) is 6. The van der Waals surface area contributed by atoms with Crippen LogP contribution in [0.15, 0.2) is 142 Å². The molecule has 0 aliphatic heterocycles. The fourth-order valence-corrected chi connectivity index (χ4v) is 6.64. The molecule has 0 radical (unpaired) electrons. The number of para-hydroxylation sites is 1. The van der Waals surface area contributed by atoms with Crippen molar-refractivity contribution in [1.29, 1.82) is 0 Å². The van der Waals surface area contributed by atoms with Crippen LogP contribution in [0.3, 0.4) is 0 Å². The maximum atomic E-state index is 6.48. The number of pyridine rings is 1. The highest BCUT2D eigenvalue weighted by molar-refractivity contribution is 6.18. The van der Waals surface area contributed by atoms with Crippen molar-refractivity contribution in [3.8, 4) is 34.3 Å². The highest BCUT2D eigenvalue weighted by Gasteiger charge is 2.21. The molecule has 0 aliphatic carbocycles. The van der Waals surface area contributed by atoms with Crippen LogP contribution in [0.25, 0.3) is 99.7 Å². The number of fused-ring (bicyclic) bond motifs is 9. The molecule has 0 spiro atoms. The normalized spacial score (nSPS) is 11.9. The fraction of sp³-hybridized carbons (Fsp3) is 0. The van der Waals surface area contributed by atoms with Crippen LogP contribution in [0, 0.1) is 0 Å². The van der Waals surface area contributed by atoms with Crippen molar-refractivity contribution < 1.29 is 8.83 Å². The van der Waals surface area contributed by atoms with Gasteiger partial charge in [0.2, 0.25) is 0 Å². The maximum Gasteiger partial charge on any atom is 0.183 e. The molecule has 6 heteroatoms. The lowest BCUT2D eigenvalue weighted by Crippen LogP contribution is -2.01. The van der Waals surface area contributed by atoms with Crippen molar-refractivity contribution in [3.05, 3.63) is 134 Å². The molecular weight excluding hydrogens is 568 g/mol.